The molecule has 1 aromatic heterocycles. The Morgan fingerprint density at radius 3 is 3.00 bits per heavy atom. The van der Waals surface area contributed by atoms with E-state index in [0.717, 1.165) is 18.4 Å². The number of hydrogen-bond donors (Lipinski definition) is 2. The lowest BCUT2D eigenvalue weighted by atomic mass is 9.79. The van der Waals surface area contributed by atoms with Crippen molar-refractivity contribution in [3.63, 3.8) is 0 Å². The highest BCUT2D eigenvalue weighted by Crippen LogP contribution is 2.37. The number of nitrogens with two attached hydrogens (primary N) is 1. The third-order valence-corrected chi connectivity index (χ3v) is 3.56. The lowest BCUT2D eigenvalue weighted by Crippen LogP contribution is -2.46. The molecule has 0 spiro atoms. The van der Waals surface area contributed by atoms with Crippen molar-refractivity contribution in [2.45, 2.75) is 24.8 Å². The van der Waals surface area contributed by atoms with Crippen molar-refractivity contribution in [2.24, 2.45) is 12.8 Å². The molecule has 0 fully saturated rings. The number of aromatic nitrogens is 1. The van der Waals surface area contributed by atoms with Crippen LogP contribution in [0.2, 0.25) is 5.15 Å². The van der Waals surface area contributed by atoms with Crippen LogP contribution in [-0.4, -0.2) is 15.6 Å². The molecule has 5 heteroatoms. The lowest BCUT2D eigenvalue weighted by Gasteiger charge is -2.29. The quantitative estimate of drug-likeness (QED) is 0.760. The third-order valence-electron chi connectivity index (χ3n) is 3.07. The largest absolute Gasteiger partial charge is 0.480 e. The fourth-order valence-electron chi connectivity index (χ4n) is 2.18. The van der Waals surface area contributed by atoms with Gasteiger partial charge in [0.05, 0.1) is 0 Å². The molecule has 1 atom stereocenters. The average molecular weight is 229 g/mol. The number of rotatable bonds is 1. The van der Waals surface area contributed by atoms with E-state index in [4.69, 9.17) is 22.4 Å². The fourth-order valence-corrected chi connectivity index (χ4v) is 2.42. The maximum atomic E-state index is 11.2. The van der Waals surface area contributed by atoms with Crippen LogP contribution < -0.4 is 5.73 Å². The first-order valence-corrected chi connectivity index (χ1v) is 5.21. The zero-order valence-corrected chi connectivity index (χ0v) is 9.21. The molecule has 1 aliphatic rings. The Hall–Kier alpha value is -1.00. The summed E-state index contributed by atoms with van der Waals surface area (Å²) < 4.78 is 1.72. The summed E-state index contributed by atoms with van der Waals surface area (Å²) in [6.07, 6.45) is 3.77. The number of aliphatic carboxylic acids is 1. The molecule has 0 aromatic carbocycles. The molecule has 3 N–H and O–H groups in total. The van der Waals surface area contributed by atoms with Gasteiger partial charge in [0.1, 0.15) is 10.7 Å². The highest BCUT2D eigenvalue weighted by atomic mass is 35.5. The van der Waals surface area contributed by atoms with Crippen LogP contribution in [-0.2, 0) is 23.8 Å². The highest BCUT2D eigenvalue weighted by molar-refractivity contribution is 6.30. The third kappa shape index (κ3) is 1.36. The van der Waals surface area contributed by atoms with Crippen LogP contribution in [0, 0.1) is 0 Å². The lowest BCUT2D eigenvalue weighted by molar-refractivity contribution is -0.144. The minimum Gasteiger partial charge on any atom is -0.480 e. The second kappa shape index (κ2) is 3.25. The van der Waals surface area contributed by atoms with E-state index in [1.165, 1.54) is 0 Å². The van der Waals surface area contributed by atoms with Gasteiger partial charge < -0.3 is 15.4 Å². The molecule has 1 unspecified atom stereocenters. The number of carboxylic acid groups (broad SMARTS) is 1. The summed E-state index contributed by atoms with van der Waals surface area (Å²) in [5.41, 5.74) is 6.20. The van der Waals surface area contributed by atoms with Gasteiger partial charge in [0.25, 0.3) is 0 Å². The topological polar surface area (TPSA) is 68.2 Å². The van der Waals surface area contributed by atoms with Crippen LogP contribution in [0.15, 0.2) is 6.20 Å². The van der Waals surface area contributed by atoms with E-state index in [2.05, 4.69) is 0 Å². The fraction of sp³-hybridized carbons (Fsp3) is 0.500. The van der Waals surface area contributed by atoms with Gasteiger partial charge in [-0.25, -0.2) is 4.79 Å². The maximum Gasteiger partial charge on any atom is 0.328 e. The molecule has 0 aliphatic heterocycles. The average Bonchev–Trinajstić information content (AvgIpc) is 2.46. The molecular formula is C10H13ClN2O2. The summed E-state index contributed by atoms with van der Waals surface area (Å²) >= 11 is 6.07. The van der Waals surface area contributed by atoms with E-state index in [-0.39, 0.29) is 0 Å². The van der Waals surface area contributed by atoms with Gasteiger partial charge in [0, 0.05) is 18.8 Å². The van der Waals surface area contributed by atoms with Crippen LogP contribution in [0.3, 0.4) is 0 Å². The standard InChI is InChI=1S/C10H13ClN2O2/c1-13-5-7-6(8(13)11)3-2-4-10(7,12)9(14)15/h5H,2-4,12H2,1H3,(H,14,15). The minimum atomic E-state index is -1.27. The van der Waals surface area contributed by atoms with E-state index in [9.17, 15) is 4.79 Å². The van der Waals surface area contributed by atoms with E-state index >= 15 is 0 Å². The predicted octanol–water partition coefficient (Wildman–Crippen LogP) is 1.25. The molecule has 82 valence electrons. The Bertz CT molecular complexity index is 427. The van der Waals surface area contributed by atoms with Crippen molar-refractivity contribution in [1.29, 1.82) is 0 Å². The van der Waals surface area contributed by atoms with Crippen LogP contribution in [0.25, 0.3) is 0 Å². The van der Waals surface area contributed by atoms with Gasteiger partial charge in [-0.1, -0.05) is 11.6 Å². The van der Waals surface area contributed by atoms with Gasteiger partial charge in [0.15, 0.2) is 0 Å². The first-order chi connectivity index (χ1) is 6.97. The summed E-state index contributed by atoms with van der Waals surface area (Å²) in [5.74, 6) is -0.981. The molecule has 0 amide bonds. The van der Waals surface area contributed by atoms with Gasteiger partial charge in [-0.05, 0) is 24.8 Å². The molecule has 1 aliphatic carbocycles. The SMILES string of the molecule is Cn1cc2c(c1Cl)CCCC2(N)C(=O)O. The van der Waals surface area contributed by atoms with Gasteiger partial charge in [-0.3, -0.25) is 0 Å². The number of fused-ring (bicyclic) bond motifs is 1. The summed E-state index contributed by atoms with van der Waals surface area (Å²) in [6, 6.07) is 0. The Labute approximate surface area is 92.6 Å². The smallest absolute Gasteiger partial charge is 0.328 e. The van der Waals surface area contributed by atoms with Crippen molar-refractivity contribution in [2.75, 3.05) is 0 Å². The van der Waals surface area contributed by atoms with Crippen LogP contribution in [0.1, 0.15) is 24.0 Å². The molecule has 0 saturated carbocycles. The Morgan fingerprint density at radius 1 is 1.73 bits per heavy atom. The summed E-state index contributed by atoms with van der Waals surface area (Å²) in [6.45, 7) is 0. The van der Waals surface area contributed by atoms with Gasteiger partial charge in [-0.15, -0.1) is 0 Å². The zero-order valence-electron chi connectivity index (χ0n) is 8.46. The van der Waals surface area contributed by atoms with Crippen molar-refractivity contribution in [3.05, 3.63) is 22.5 Å². The van der Waals surface area contributed by atoms with Gasteiger partial charge in [-0.2, -0.15) is 0 Å². The number of carbonyl (C=O) groups is 1. The monoisotopic (exact) mass is 228 g/mol. The van der Waals surface area contributed by atoms with E-state index in [0.29, 0.717) is 17.1 Å². The molecule has 0 radical (unpaired) electrons. The van der Waals surface area contributed by atoms with Gasteiger partial charge >= 0.3 is 5.97 Å². The highest BCUT2D eigenvalue weighted by Gasteiger charge is 2.41. The molecule has 2 rings (SSSR count). The van der Waals surface area contributed by atoms with Crippen molar-refractivity contribution < 1.29 is 9.90 Å². The van der Waals surface area contributed by atoms with E-state index in [1.54, 1.807) is 17.8 Å². The van der Waals surface area contributed by atoms with Gasteiger partial charge in [0.2, 0.25) is 0 Å². The molecular weight excluding hydrogens is 216 g/mol. The van der Waals surface area contributed by atoms with Crippen LogP contribution >= 0.6 is 11.6 Å². The number of nitrogens with zero attached hydrogens (tertiary/aromatic N) is 1. The first kappa shape index (κ1) is 10.5. The molecule has 0 saturated heterocycles. The molecule has 1 aromatic rings. The summed E-state index contributed by atoms with van der Waals surface area (Å²) in [7, 11) is 1.79. The first-order valence-electron chi connectivity index (χ1n) is 4.83. The van der Waals surface area contributed by atoms with E-state index < -0.39 is 11.5 Å². The Balaban J connectivity index is 2.61. The zero-order chi connectivity index (χ0) is 11.2. The second-order valence-corrected chi connectivity index (χ2v) is 4.41. The minimum absolute atomic E-state index is 0.468. The Kier molecular flexibility index (Phi) is 2.28. The number of carboxylic acids is 1. The molecule has 1 heterocycles. The molecule has 4 nitrogen and oxygen atoms in total. The number of halogens is 1. The number of hydrogen-bond acceptors (Lipinski definition) is 2. The van der Waals surface area contributed by atoms with Crippen LogP contribution in [0.5, 0.6) is 0 Å². The predicted molar refractivity (Wildman–Crippen MR) is 56.9 cm³/mol. The summed E-state index contributed by atoms with van der Waals surface area (Å²) in [5, 5.41) is 9.77. The Morgan fingerprint density at radius 2 is 2.40 bits per heavy atom. The summed E-state index contributed by atoms with van der Waals surface area (Å²) in [4.78, 5) is 11.2. The molecule has 15 heavy (non-hydrogen) atoms. The number of aryl methyl sites for hydroxylation is 1. The van der Waals surface area contributed by atoms with Crippen molar-refractivity contribution >= 4 is 17.6 Å². The van der Waals surface area contributed by atoms with Crippen molar-refractivity contribution in [1.82, 2.24) is 4.57 Å². The normalized spacial score (nSPS) is 25.0. The van der Waals surface area contributed by atoms with E-state index in [1.807, 2.05) is 0 Å². The second-order valence-electron chi connectivity index (χ2n) is 4.05. The maximum absolute atomic E-state index is 11.2. The van der Waals surface area contributed by atoms with Crippen molar-refractivity contribution in [3.8, 4) is 0 Å². The molecule has 0 bridgehead atoms. The van der Waals surface area contributed by atoms with Crippen LogP contribution in [0.4, 0.5) is 0 Å².